The van der Waals surface area contributed by atoms with E-state index in [0.717, 1.165) is 43.0 Å². The van der Waals surface area contributed by atoms with E-state index in [0.29, 0.717) is 13.1 Å². The van der Waals surface area contributed by atoms with Gasteiger partial charge in [0.2, 0.25) is 0 Å². The zero-order valence-electron chi connectivity index (χ0n) is 17.3. The topological polar surface area (TPSA) is 78.1 Å². The summed E-state index contributed by atoms with van der Waals surface area (Å²) in [5.41, 5.74) is 1.91. The van der Waals surface area contributed by atoms with Crippen molar-refractivity contribution in [3.63, 3.8) is 0 Å². The molecule has 8 nitrogen and oxygen atoms in total. The van der Waals surface area contributed by atoms with Gasteiger partial charge >= 0.3 is 6.09 Å². The summed E-state index contributed by atoms with van der Waals surface area (Å²) in [4.78, 5) is 18.9. The molecule has 4 heterocycles. The average Bonchev–Trinajstić information content (AvgIpc) is 3.23. The minimum absolute atomic E-state index is 0.230. The van der Waals surface area contributed by atoms with E-state index >= 15 is 0 Å². The van der Waals surface area contributed by atoms with Gasteiger partial charge in [-0.05, 0) is 59.8 Å². The van der Waals surface area contributed by atoms with Crippen LogP contribution in [0.3, 0.4) is 0 Å². The number of hydrogen-bond acceptors (Lipinski definition) is 5. The van der Waals surface area contributed by atoms with Crippen molar-refractivity contribution in [1.82, 2.24) is 29.4 Å². The first-order valence-electron chi connectivity index (χ1n) is 10.3. The molecule has 0 radical (unpaired) electrons. The fourth-order valence-electron chi connectivity index (χ4n) is 4.10. The van der Waals surface area contributed by atoms with Gasteiger partial charge in [-0.25, -0.2) is 14.5 Å². The predicted octanol–water partition coefficient (Wildman–Crippen LogP) is 3.36. The maximum absolute atomic E-state index is 12.3. The molecule has 2 aliphatic rings. The van der Waals surface area contributed by atoms with Gasteiger partial charge in [0, 0.05) is 25.3 Å². The van der Waals surface area contributed by atoms with Crippen LogP contribution in [-0.4, -0.2) is 54.2 Å². The molecule has 0 unspecified atom stereocenters. The summed E-state index contributed by atoms with van der Waals surface area (Å²) in [7, 11) is 0. The third kappa shape index (κ3) is 3.77. The highest BCUT2D eigenvalue weighted by Gasteiger charge is 2.30. The molecule has 0 spiro atoms. The van der Waals surface area contributed by atoms with Crippen LogP contribution in [0, 0.1) is 6.92 Å². The molecule has 8 heteroatoms. The van der Waals surface area contributed by atoms with Gasteiger partial charge in [-0.1, -0.05) is 0 Å². The average molecular weight is 387 g/mol. The Kier molecular flexibility index (Phi) is 4.89. The quantitative estimate of drug-likeness (QED) is 0.791. The molecule has 1 fully saturated rings. The number of ether oxygens (including phenoxy) is 1. The standard InChI is InChI=1S/C20H30N6O2/c1-14-22-18(16-13-21-25-10-6-5-7-17(16)25)26(23-14)15-8-11-24(12-9-15)19(27)28-20(2,3)4/h13,15H,5-12H2,1-4H3. The first-order chi connectivity index (χ1) is 13.3. The van der Waals surface area contributed by atoms with Gasteiger partial charge in [0.05, 0.1) is 17.8 Å². The number of nitrogens with zero attached hydrogens (tertiary/aromatic N) is 6. The molecule has 0 aliphatic carbocycles. The molecule has 2 aromatic heterocycles. The van der Waals surface area contributed by atoms with Crippen molar-refractivity contribution in [2.45, 2.75) is 78.0 Å². The summed E-state index contributed by atoms with van der Waals surface area (Å²) >= 11 is 0. The summed E-state index contributed by atoms with van der Waals surface area (Å²) in [6.45, 7) is 9.95. The summed E-state index contributed by atoms with van der Waals surface area (Å²) in [5, 5.41) is 9.27. The lowest BCUT2D eigenvalue weighted by atomic mass is 10.0. The predicted molar refractivity (Wildman–Crippen MR) is 105 cm³/mol. The molecule has 0 saturated carbocycles. The van der Waals surface area contributed by atoms with Gasteiger partial charge in [-0.3, -0.25) is 4.68 Å². The maximum Gasteiger partial charge on any atom is 0.410 e. The lowest BCUT2D eigenvalue weighted by molar-refractivity contribution is 0.0185. The van der Waals surface area contributed by atoms with Crippen LogP contribution in [0.2, 0.25) is 0 Å². The number of aryl methyl sites for hydroxylation is 2. The van der Waals surface area contributed by atoms with Gasteiger partial charge < -0.3 is 9.64 Å². The highest BCUT2D eigenvalue weighted by molar-refractivity contribution is 5.68. The molecule has 0 atom stereocenters. The van der Waals surface area contributed by atoms with Crippen LogP contribution in [0.15, 0.2) is 6.20 Å². The zero-order chi connectivity index (χ0) is 19.9. The van der Waals surface area contributed by atoms with E-state index in [9.17, 15) is 4.79 Å². The molecular weight excluding hydrogens is 356 g/mol. The van der Waals surface area contributed by atoms with Gasteiger partial charge in [0.1, 0.15) is 11.4 Å². The lowest BCUT2D eigenvalue weighted by Gasteiger charge is -2.33. The van der Waals surface area contributed by atoms with Crippen LogP contribution in [0.1, 0.15) is 64.0 Å². The van der Waals surface area contributed by atoms with E-state index in [1.54, 1.807) is 4.90 Å². The van der Waals surface area contributed by atoms with Crippen molar-refractivity contribution in [2.24, 2.45) is 0 Å². The Hall–Kier alpha value is -2.38. The number of rotatable bonds is 2. The second-order valence-electron chi connectivity index (χ2n) is 8.81. The summed E-state index contributed by atoms with van der Waals surface area (Å²) < 4.78 is 9.68. The highest BCUT2D eigenvalue weighted by Crippen LogP contribution is 2.31. The van der Waals surface area contributed by atoms with Crippen LogP contribution in [-0.2, 0) is 17.7 Å². The van der Waals surface area contributed by atoms with E-state index in [-0.39, 0.29) is 12.1 Å². The maximum atomic E-state index is 12.3. The summed E-state index contributed by atoms with van der Waals surface area (Å²) in [6.07, 6.45) is 6.82. The van der Waals surface area contributed by atoms with Crippen molar-refractivity contribution in [3.8, 4) is 11.4 Å². The zero-order valence-corrected chi connectivity index (χ0v) is 17.3. The Morgan fingerprint density at radius 2 is 1.93 bits per heavy atom. The highest BCUT2D eigenvalue weighted by atomic mass is 16.6. The van der Waals surface area contributed by atoms with Crippen molar-refractivity contribution in [1.29, 1.82) is 0 Å². The molecule has 4 rings (SSSR count). The minimum Gasteiger partial charge on any atom is -0.444 e. The molecule has 1 amide bonds. The molecule has 0 bridgehead atoms. The minimum atomic E-state index is -0.467. The van der Waals surface area contributed by atoms with Gasteiger partial charge in [0.25, 0.3) is 0 Å². The van der Waals surface area contributed by atoms with Gasteiger partial charge in [-0.2, -0.15) is 10.2 Å². The van der Waals surface area contributed by atoms with Gasteiger partial charge in [-0.15, -0.1) is 0 Å². The largest absolute Gasteiger partial charge is 0.444 e. The molecule has 2 aromatic rings. The molecule has 0 N–H and O–H groups in total. The second kappa shape index (κ2) is 7.22. The van der Waals surface area contributed by atoms with E-state index in [1.807, 2.05) is 33.9 Å². The Bertz CT molecular complexity index is 855. The molecule has 28 heavy (non-hydrogen) atoms. The van der Waals surface area contributed by atoms with E-state index < -0.39 is 5.60 Å². The number of carbonyl (C=O) groups excluding carboxylic acids is 1. The van der Waals surface area contributed by atoms with Crippen LogP contribution in [0.5, 0.6) is 0 Å². The van der Waals surface area contributed by atoms with Crippen molar-refractivity contribution < 1.29 is 9.53 Å². The second-order valence-corrected chi connectivity index (χ2v) is 8.81. The number of carbonyl (C=O) groups is 1. The third-order valence-electron chi connectivity index (χ3n) is 5.42. The molecule has 152 valence electrons. The van der Waals surface area contributed by atoms with Crippen LogP contribution < -0.4 is 0 Å². The normalized spacial score (nSPS) is 18.2. The summed E-state index contributed by atoms with van der Waals surface area (Å²) in [6, 6.07) is 0.231. The molecule has 2 aliphatic heterocycles. The first kappa shape index (κ1) is 19.0. The number of aromatic nitrogens is 5. The Morgan fingerprint density at radius 3 is 2.64 bits per heavy atom. The van der Waals surface area contributed by atoms with Crippen LogP contribution in [0.4, 0.5) is 4.79 Å². The van der Waals surface area contributed by atoms with E-state index in [2.05, 4.69) is 14.5 Å². The number of amides is 1. The molecular formula is C20H30N6O2. The Morgan fingerprint density at radius 1 is 1.18 bits per heavy atom. The molecule has 1 saturated heterocycles. The SMILES string of the molecule is Cc1nc(-c2cnn3c2CCCC3)n(C2CCN(C(=O)OC(C)(C)C)CC2)n1. The van der Waals surface area contributed by atoms with E-state index in [4.69, 9.17) is 14.8 Å². The number of hydrogen-bond donors (Lipinski definition) is 0. The van der Waals surface area contributed by atoms with Crippen molar-refractivity contribution >= 4 is 6.09 Å². The Balaban J connectivity index is 1.51. The van der Waals surface area contributed by atoms with Crippen molar-refractivity contribution in [3.05, 3.63) is 17.7 Å². The monoisotopic (exact) mass is 386 g/mol. The van der Waals surface area contributed by atoms with E-state index in [1.165, 1.54) is 18.5 Å². The van der Waals surface area contributed by atoms with Gasteiger partial charge in [0.15, 0.2) is 5.82 Å². The first-order valence-corrected chi connectivity index (χ1v) is 10.3. The van der Waals surface area contributed by atoms with Crippen LogP contribution >= 0.6 is 0 Å². The summed E-state index contributed by atoms with van der Waals surface area (Å²) in [5.74, 6) is 1.69. The fourth-order valence-corrected chi connectivity index (χ4v) is 4.10. The number of fused-ring (bicyclic) bond motifs is 1. The fraction of sp³-hybridized carbons (Fsp3) is 0.700. The smallest absolute Gasteiger partial charge is 0.410 e. The number of likely N-dealkylation sites (tertiary alicyclic amines) is 1. The Labute approximate surface area is 165 Å². The number of piperidine rings is 1. The molecule has 0 aromatic carbocycles. The van der Waals surface area contributed by atoms with Crippen LogP contribution in [0.25, 0.3) is 11.4 Å². The van der Waals surface area contributed by atoms with Crippen molar-refractivity contribution in [2.75, 3.05) is 13.1 Å². The lowest BCUT2D eigenvalue weighted by Crippen LogP contribution is -2.42. The third-order valence-corrected chi connectivity index (χ3v) is 5.42.